The molecule has 0 saturated carbocycles. The van der Waals surface area contributed by atoms with E-state index in [1.165, 1.54) is 10.4 Å². The first-order valence-electron chi connectivity index (χ1n) is 7.21. The van der Waals surface area contributed by atoms with E-state index in [1.54, 1.807) is 0 Å². The zero-order valence-electron chi connectivity index (χ0n) is 12.2. The number of benzene rings is 1. The van der Waals surface area contributed by atoms with Gasteiger partial charge in [0, 0.05) is 36.1 Å². The molecule has 106 valence electrons. The van der Waals surface area contributed by atoms with Crippen molar-refractivity contribution < 1.29 is 0 Å². The summed E-state index contributed by atoms with van der Waals surface area (Å²) < 4.78 is 0. The van der Waals surface area contributed by atoms with Crippen LogP contribution in [0.15, 0.2) is 47.8 Å². The minimum absolute atomic E-state index is 0.204. The standard InChI is InChI=1S/C17H22N2S/c1-17(2)13-18-16(14-7-4-3-5-8-14)12-19(17)11-15-9-6-10-20-15/h3-10,16,18H,11-13H2,1-2H3. The van der Waals surface area contributed by atoms with E-state index in [0.717, 1.165) is 19.6 Å². The van der Waals surface area contributed by atoms with Crippen molar-refractivity contribution in [3.63, 3.8) is 0 Å². The van der Waals surface area contributed by atoms with E-state index in [4.69, 9.17) is 0 Å². The van der Waals surface area contributed by atoms with Gasteiger partial charge in [0.15, 0.2) is 0 Å². The van der Waals surface area contributed by atoms with Crippen molar-refractivity contribution in [2.24, 2.45) is 0 Å². The van der Waals surface area contributed by atoms with Crippen LogP contribution in [0, 0.1) is 0 Å². The highest BCUT2D eigenvalue weighted by atomic mass is 32.1. The van der Waals surface area contributed by atoms with Crippen LogP contribution in [0.1, 0.15) is 30.3 Å². The summed E-state index contributed by atoms with van der Waals surface area (Å²) in [6.45, 7) is 7.80. The fourth-order valence-corrected chi connectivity index (χ4v) is 3.51. The molecule has 1 aliphatic rings. The van der Waals surface area contributed by atoms with Gasteiger partial charge in [-0.05, 0) is 30.9 Å². The van der Waals surface area contributed by atoms with Gasteiger partial charge >= 0.3 is 0 Å². The molecule has 20 heavy (non-hydrogen) atoms. The lowest BCUT2D eigenvalue weighted by molar-refractivity contribution is 0.0593. The smallest absolute Gasteiger partial charge is 0.0450 e. The molecule has 1 atom stereocenters. The van der Waals surface area contributed by atoms with E-state index < -0.39 is 0 Å². The zero-order valence-corrected chi connectivity index (χ0v) is 13.0. The quantitative estimate of drug-likeness (QED) is 0.926. The van der Waals surface area contributed by atoms with Crippen LogP contribution in [0.5, 0.6) is 0 Å². The second kappa shape index (κ2) is 5.68. The molecular formula is C17H22N2S. The molecule has 0 bridgehead atoms. The Morgan fingerprint density at radius 2 is 2.00 bits per heavy atom. The third kappa shape index (κ3) is 2.95. The van der Waals surface area contributed by atoms with Gasteiger partial charge in [0.1, 0.15) is 0 Å². The predicted molar refractivity (Wildman–Crippen MR) is 86.0 cm³/mol. The number of rotatable bonds is 3. The van der Waals surface area contributed by atoms with E-state index in [1.807, 2.05) is 11.3 Å². The van der Waals surface area contributed by atoms with Crippen LogP contribution in [0.3, 0.4) is 0 Å². The van der Waals surface area contributed by atoms with Crippen LogP contribution in [0.2, 0.25) is 0 Å². The molecule has 0 aliphatic carbocycles. The van der Waals surface area contributed by atoms with Gasteiger partial charge in [-0.2, -0.15) is 0 Å². The van der Waals surface area contributed by atoms with Gasteiger partial charge in [-0.3, -0.25) is 4.90 Å². The molecule has 3 rings (SSSR count). The largest absolute Gasteiger partial charge is 0.307 e. The minimum atomic E-state index is 0.204. The van der Waals surface area contributed by atoms with Gasteiger partial charge in [-0.1, -0.05) is 36.4 Å². The lowest BCUT2D eigenvalue weighted by atomic mass is 9.94. The van der Waals surface area contributed by atoms with Crippen molar-refractivity contribution >= 4 is 11.3 Å². The SMILES string of the molecule is CC1(C)CNC(c2ccccc2)CN1Cc1cccs1. The molecule has 1 aliphatic heterocycles. The summed E-state index contributed by atoms with van der Waals surface area (Å²) in [6.07, 6.45) is 0. The van der Waals surface area contributed by atoms with Gasteiger partial charge in [-0.15, -0.1) is 11.3 Å². The van der Waals surface area contributed by atoms with E-state index in [9.17, 15) is 0 Å². The summed E-state index contributed by atoms with van der Waals surface area (Å²) in [5, 5.41) is 5.86. The van der Waals surface area contributed by atoms with Crippen LogP contribution in [0.25, 0.3) is 0 Å². The fraction of sp³-hybridized carbons (Fsp3) is 0.412. The first-order chi connectivity index (χ1) is 9.65. The molecule has 1 fully saturated rings. The molecular weight excluding hydrogens is 264 g/mol. The highest BCUT2D eigenvalue weighted by molar-refractivity contribution is 7.09. The summed E-state index contributed by atoms with van der Waals surface area (Å²) in [4.78, 5) is 4.05. The summed E-state index contributed by atoms with van der Waals surface area (Å²) in [5.74, 6) is 0. The Labute approximate surface area is 125 Å². The van der Waals surface area contributed by atoms with E-state index >= 15 is 0 Å². The second-order valence-corrected chi connectivity index (χ2v) is 7.15. The predicted octanol–water partition coefficient (Wildman–Crippen LogP) is 3.67. The normalized spacial score (nSPS) is 22.8. The molecule has 1 aromatic heterocycles. The Hall–Kier alpha value is -1.16. The van der Waals surface area contributed by atoms with Crippen molar-refractivity contribution in [3.05, 3.63) is 58.3 Å². The Morgan fingerprint density at radius 3 is 2.70 bits per heavy atom. The maximum atomic E-state index is 3.70. The molecule has 0 amide bonds. The third-order valence-corrected chi connectivity index (χ3v) is 5.03. The van der Waals surface area contributed by atoms with E-state index in [2.05, 4.69) is 71.9 Å². The van der Waals surface area contributed by atoms with Crippen molar-refractivity contribution in [1.82, 2.24) is 10.2 Å². The lowest BCUT2D eigenvalue weighted by Gasteiger charge is -2.46. The molecule has 2 heterocycles. The number of hydrogen-bond acceptors (Lipinski definition) is 3. The van der Waals surface area contributed by atoms with Gasteiger partial charge < -0.3 is 5.32 Å². The number of thiophene rings is 1. The first kappa shape index (κ1) is 13.8. The first-order valence-corrected chi connectivity index (χ1v) is 8.09. The molecule has 1 saturated heterocycles. The Balaban J connectivity index is 1.76. The summed E-state index contributed by atoms with van der Waals surface area (Å²) >= 11 is 1.85. The molecule has 2 aromatic rings. The van der Waals surface area contributed by atoms with Crippen LogP contribution in [-0.4, -0.2) is 23.5 Å². The maximum Gasteiger partial charge on any atom is 0.0450 e. The molecule has 2 nitrogen and oxygen atoms in total. The molecule has 3 heteroatoms. The summed E-state index contributed by atoms with van der Waals surface area (Å²) in [6, 6.07) is 15.6. The Morgan fingerprint density at radius 1 is 1.20 bits per heavy atom. The van der Waals surface area contributed by atoms with Crippen molar-refractivity contribution in [2.75, 3.05) is 13.1 Å². The van der Waals surface area contributed by atoms with Gasteiger partial charge in [0.25, 0.3) is 0 Å². The van der Waals surface area contributed by atoms with Gasteiger partial charge in [0.2, 0.25) is 0 Å². The Kier molecular flexibility index (Phi) is 3.92. The molecule has 1 N–H and O–H groups in total. The topological polar surface area (TPSA) is 15.3 Å². The maximum absolute atomic E-state index is 3.70. The number of piperazine rings is 1. The second-order valence-electron chi connectivity index (χ2n) is 6.12. The average molecular weight is 286 g/mol. The molecule has 0 radical (unpaired) electrons. The number of hydrogen-bond donors (Lipinski definition) is 1. The summed E-state index contributed by atoms with van der Waals surface area (Å²) in [7, 11) is 0. The third-order valence-electron chi connectivity index (χ3n) is 4.17. The number of nitrogens with zero attached hydrogens (tertiary/aromatic N) is 1. The highest BCUT2D eigenvalue weighted by Gasteiger charge is 2.34. The van der Waals surface area contributed by atoms with Crippen molar-refractivity contribution in [2.45, 2.75) is 32.0 Å². The molecule has 1 aromatic carbocycles. The number of nitrogens with one attached hydrogen (secondary N) is 1. The zero-order chi connectivity index (χ0) is 14.0. The molecule has 1 unspecified atom stereocenters. The minimum Gasteiger partial charge on any atom is -0.307 e. The van der Waals surface area contributed by atoms with Crippen LogP contribution in [0.4, 0.5) is 0 Å². The van der Waals surface area contributed by atoms with E-state index in [-0.39, 0.29) is 5.54 Å². The van der Waals surface area contributed by atoms with Gasteiger partial charge in [-0.25, -0.2) is 0 Å². The average Bonchev–Trinajstić information content (AvgIpc) is 2.95. The highest BCUT2D eigenvalue weighted by Crippen LogP contribution is 2.28. The van der Waals surface area contributed by atoms with Gasteiger partial charge in [0.05, 0.1) is 0 Å². The fourth-order valence-electron chi connectivity index (χ4n) is 2.79. The van der Waals surface area contributed by atoms with Crippen molar-refractivity contribution in [1.29, 1.82) is 0 Å². The van der Waals surface area contributed by atoms with Crippen molar-refractivity contribution in [3.8, 4) is 0 Å². The van der Waals surface area contributed by atoms with Crippen LogP contribution >= 0.6 is 11.3 Å². The van der Waals surface area contributed by atoms with E-state index in [0.29, 0.717) is 6.04 Å². The summed E-state index contributed by atoms with van der Waals surface area (Å²) in [5.41, 5.74) is 1.59. The lowest BCUT2D eigenvalue weighted by Crippen LogP contribution is -2.58. The Bertz CT molecular complexity index is 533. The monoisotopic (exact) mass is 286 g/mol. The van der Waals surface area contributed by atoms with Crippen LogP contribution in [-0.2, 0) is 6.54 Å². The molecule has 0 spiro atoms. The van der Waals surface area contributed by atoms with Crippen LogP contribution < -0.4 is 5.32 Å².